The molecule has 2 unspecified atom stereocenters. The van der Waals surface area contributed by atoms with Crippen molar-refractivity contribution in [3.63, 3.8) is 0 Å². The predicted octanol–water partition coefficient (Wildman–Crippen LogP) is 19.2. The summed E-state index contributed by atoms with van der Waals surface area (Å²) in [5.41, 5.74) is 0. The lowest BCUT2D eigenvalue weighted by atomic mass is 9.92. The van der Waals surface area contributed by atoms with E-state index in [0.717, 1.165) is 18.1 Å². The Morgan fingerprint density at radius 3 is 1.24 bits per heavy atom. The third kappa shape index (κ3) is 51.2. The molecule has 2 atom stereocenters. The van der Waals surface area contributed by atoms with Crippen LogP contribution in [0.1, 0.15) is 287 Å². The summed E-state index contributed by atoms with van der Waals surface area (Å²) < 4.78 is 6.29. The smallest absolute Gasteiger partial charge is 0.0982 e. The van der Waals surface area contributed by atoms with E-state index in [4.69, 9.17) is 4.74 Å². The molecule has 332 valence electrons. The highest BCUT2D eigenvalue weighted by Gasteiger charge is 2.11. The van der Waals surface area contributed by atoms with Crippen LogP contribution in [-0.4, -0.2) is 30.6 Å². The molecule has 0 aromatic rings. The Morgan fingerprint density at radius 2 is 0.782 bits per heavy atom. The van der Waals surface area contributed by atoms with Crippen molar-refractivity contribution in [2.75, 3.05) is 19.6 Å². The maximum absolute atomic E-state index is 6.29. The first-order valence-corrected chi connectivity index (χ1v) is 25.6. The van der Waals surface area contributed by atoms with Crippen LogP contribution in [0.15, 0.2) is 25.0 Å². The second kappa shape index (κ2) is 53.2. The molecular formula is C53H109NO. The van der Waals surface area contributed by atoms with Gasteiger partial charge in [-0.25, -0.2) is 0 Å². The second-order valence-electron chi connectivity index (χ2n) is 17.2. The monoisotopic (exact) mass is 776 g/mol. The van der Waals surface area contributed by atoms with Gasteiger partial charge in [0.1, 0.15) is 0 Å². The minimum absolute atomic E-state index is 0.406. The van der Waals surface area contributed by atoms with Crippen LogP contribution in [0.3, 0.4) is 0 Å². The Kier molecular flexibility index (Phi) is 56.7. The van der Waals surface area contributed by atoms with Gasteiger partial charge in [-0.15, -0.1) is 6.58 Å². The predicted molar refractivity (Wildman–Crippen MR) is 256 cm³/mol. The van der Waals surface area contributed by atoms with E-state index >= 15 is 0 Å². The molecule has 0 rings (SSSR count). The number of unbranched alkanes of at least 4 members (excludes halogenated alkanes) is 22. The van der Waals surface area contributed by atoms with E-state index in [1.165, 1.54) is 244 Å². The number of nitrogens with zero attached hydrogens (tertiary/aromatic N) is 1. The summed E-state index contributed by atoms with van der Waals surface area (Å²) in [4.78, 5) is 2.73. The molecule has 0 aromatic carbocycles. The molecule has 0 fully saturated rings. The average molecular weight is 776 g/mol. The van der Waals surface area contributed by atoms with E-state index in [-0.39, 0.29) is 0 Å². The summed E-state index contributed by atoms with van der Waals surface area (Å²) in [7, 11) is 0. The molecule has 0 aliphatic heterocycles. The normalized spacial score (nSPS) is 12.1. The molecule has 0 heterocycles. The lowest BCUT2D eigenvalue weighted by molar-refractivity contribution is 0.0900. The quantitative estimate of drug-likeness (QED) is 0.0348. The van der Waals surface area contributed by atoms with E-state index < -0.39 is 0 Å². The van der Waals surface area contributed by atoms with Gasteiger partial charge in [0.2, 0.25) is 0 Å². The molecule has 0 aliphatic rings. The lowest BCUT2D eigenvalue weighted by Crippen LogP contribution is -2.27. The molecule has 0 radical (unpaired) electrons. The third-order valence-corrected chi connectivity index (χ3v) is 11.3. The van der Waals surface area contributed by atoms with Crippen LogP contribution in [0.5, 0.6) is 0 Å². The van der Waals surface area contributed by atoms with Crippen molar-refractivity contribution in [2.24, 2.45) is 5.92 Å². The number of hydrogen-bond acceptors (Lipinski definition) is 2. The number of hydrogen-bond donors (Lipinski definition) is 0. The SMILES string of the molecule is C=C(CCCCCCN(CCCC)CCCCCCC)OC(CCCC)CCCCCC.C=CCC(CCCCCC)CCCCCCCC.CCCCC. The highest BCUT2D eigenvalue weighted by atomic mass is 16.5. The maximum atomic E-state index is 6.29. The standard InChI is InChI=1S/C30H61NO.C18H36.C5H12/c1-6-10-14-17-21-27-31(26-13-9-4)28-22-18-16-19-23-29(5)32-30(24-12-8-3)25-20-15-11-7-2;1-4-7-9-11-12-14-17-18(15-6-3)16-13-10-8-5-2;1-3-5-4-2/h30H,5-28H2,1-4H3;6,18H,3-5,7-17H2,1-2H3;3-5H2,1-2H3. The van der Waals surface area contributed by atoms with E-state index in [1.807, 2.05) is 0 Å². The largest absolute Gasteiger partial charge is 0.495 e. The van der Waals surface area contributed by atoms with Crippen molar-refractivity contribution in [2.45, 2.75) is 293 Å². The van der Waals surface area contributed by atoms with Crippen LogP contribution in [0.25, 0.3) is 0 Å². The summed E-state index contributed by atoms with van der Waals surface area (Å²) in [6.45, 7) is 30.2. The first-order chi connectivity index (χ1) is 26.9. The molecule has 0 aliphatic carbocycles. The summed E-state index contributed by atoms with van der Waals surface area (Å²) in [5.74, 6) is 1.96. The van der Waals surface area contributed by atoms with Crippen molar-refractivity contribution >= 4 is 0 Å². The van der Waals surface area contributed by atoms with Gasteiger partial charge in [-0.2, -0.15) is 0 Å². The van der Waals surface area contributed by atoms with E-state index in [1.54, 1.807) is 0 Å². The first kappa shape index (κ1) is 58.6. The van der Waals surface area contributed by atoms with Crippen molar-refractivity contribution in [3.05, 3.63) is 25.0 Å². The average Bonchev–Trinajstić information content (AvgIpc) is 3.19. The van der Waals surface area contributed by atoms with Gasteiger partial charge in [0.05, 0.1) is 11.9 Å². The van der Waals surface area contributed by atoms with Gasteiger partial charge in [0, 0.05) is 6.42 Å². The second-order valence-corrected chi connectivity index (χ2v) is 17.2. The fraction of sp³-hybridized carbons (Fsp3) is 0.925. The van der Waals surface area contributed by atoms with Crippen LogP contribution in [-0.2, 0) is 4.74 Å². The van der Waals surface area contributed by atoms with Gasteiger partial charge in [0.15, 0.2) is 0 Å². The van der Waals surface area contributed by atoms with Crippen LogP contribution < -0.4 is 0 Å². The summed E-state index contributed by atoms with van der Waals surface area (Å²) in [5, 5.41) is 0. The Hall–Kier alpha value is -0.760. The summed E-state index contributed by atoms with van der Waals surface area (Å²) in [6, 6.07) is 0. The molecule has 0 amide bonds. The van der Waals surface area contributed by atoms with E-state index in [2.05, 4.69) is 79.5 Å². The zero-order valence-electron chi connectivity index (χ0n) is 40.1. The number of ether oxygens (including phenoxy) is 1. The van der Waals surface area contributed by atoms with Gasteiger partial charge < -0.3 is 9.64 Å². The Bertz CT molecular complexity index is 686. The summed E-state index contributed by atoms with van der Waals surface area (Å²) in [6.07, 6.45) is 51.1. The highest BCUT2D eigenvalue weighted by molar-refractivity contribution is 4.84. The van der Waals surface area contributed by atoms with Crippen LogP contribution in [0.4, 0.5) is 0 Å². The molecule has 0 aromatic heterocycles. The molecular weight excluding hydrogens is 667 g/mol. The van der Waals surface area contributed by atoms with Gasteiger partial charge in [-0.05, 0) is 76.9 Å². The lowest BCUT2D eigenvalue weighted by Gasteiger charge is -2.22. The molecule has 0 N–H and O–H groups in total. The zero-order valence-corrected chi connectivity index (χ0v) is 40.1. The minimum Gasteiger partial charge on any atom is -0.495 e. The van der Waals surface area contributed by atoms with Crippen LogP contribution in [0, 0.1) is 5.92 Å². The van der Waals surface area contributed by atoms with Gasteiger partial charge >= 0.3 is 0 Å². The Morgan fingerprint density at radius 1 is 0.418 bits per heavy atom. The van der Waals surface area contributed by atoms with Crippen molar-refractivity contribution < 1.29 is 4.74 Å². The van der Waals surface area contributed by atoms with Gasteiger partial charge in [-0.1, -0.05) is 241 Å². The molecule has 2 nitrogen and oxygen atoms in total. The fourth-order valence-electron chi connectivity index (χ4n) is 7.50. The molecule has 2 heteroatoms. The first-order valence-electron chi connectivity index (χ1n) is 25.6. The molecule has 0 spiro atoms. The molecule has 0 bridgehead atoms. The molecule has 0 saturated heterocycles. The van der Waals surface area contributed by atoms with Crippen LogP contribution >= 0.6 is 0 Å². The minimum atomic E-state index is 0.406. The third-order valence-electron chi connectivity index (χ3n) is 11.3. The highest BCUT2D eigenvalue weighted by Crippen LogP contribution is 2.22. The Labute approximate surface area is 351 Å². The van der Waals surface area contributed by atoms with Crippen molar-refractivity contribution in [3.8, 4) is 0 Å². The maximum Gasteiger partial charge on any atom is 0.0982 e. The van der Waals surface area contributed by atoms with Gasteiger partial charge in [0.25, 0.3) is 0 Å². The molecule has 55 heavy (non-hydrogen) atoms. The number of rotatable bonds is 42. The van der Waals surface area contributed by atoms with E-state index in [0.29, 0.717) is 6.10 Å². The molecule has 0 saturated carbocycles. The Balaban J connectivity index is -0.000000981. The topological polar surface area (TPSA) is 12.5 Å². The van der Waals surface area contributed by atoms with Crippen molar-refractivity contribution in [1.82, 2.24) is 4.90 Å². The summed E-state index contributed by atoms with van der Waals surface area (Å²) >= 11 is 0. The number of allylic oxidation sites excluding steroid dienone is 2. The zero-order chi connectivity index (χ0) is 41.3. The fourth-order valence-corrected chi connectivity index (χ4v) is 7.50. The van der Waals surface area contributed by atoms with Crippen molar-refractivity contribution in [1.29, 1.82) is 0 Å². The van der Waals surface area contributed by atoms with Gasteiger partial charge in [-0.3, -0.25) is 0 Å². The van der Waals surface area contributed by atoms with Crippen LogP contribution in [0.2, 0.25) is 0 Å². The van der Waals surface area contributed by atoms with E-state index in [9.17, 15) is 0 Å².